The summed E-state index contributed by atoms with van der Waals surface area (Å²) in [4.78, 5) is 31.6. The smallest absolute Gasteiger partial charge is 0.409 e. The number of likely N-dealkylation sites (tertiary alicyclic amines) is 1. The molecule has 2 aliphatic rings. The molecule has 47 heavy (non-hydrogen) atoms. The average Bonchev–Trinajstić information content (AvgIpc) is 3.73. The van der Waals surface area contributed by atoms with E-state index in [2.05, 4.69) is 48.4 Å². The van der Waals surface area contributed by atoms with E-state index in [0.29, 0.717) is 50.0 Å². The van der Waals surface area contributed by atoms with Gasteiger partial charge in [-0.2, -0.15) is 5.10 Å². The van der Waals surface area contributed by atoms with E-state index in [-0.39, 0.29) is 18.2 Å². The van der Waals surface area contributed by atoms with Crippen LogP contribution in [-0.4, -0.2) is 58.0 Å². The molecule has 1 saturated heterocycles. The Labute approximate surface area is 276 Å². The largest absolute Gasteiger partial charge is 0.486 e. The maximum absolute atomic E-state index is 12.5. The maximum atomic E-state index is 12.5. The zero-order valence-electron chi connectivity index (χ0n) is 27.8. The molecular formula is C38H44N4O5. The quantitative estimate of drug-likeness (QED) is 0.165. The van der Waals surface area contributed by atoms with Crippen molar-refractivity contribution < 1.29 is 23.8 Å². The number of nitrogens with zero attached hydrogens (tertiary/aromatic N) is 4. The van der Waals surface area contributed by atoms with E-state index in [0.717, 1.165) is 54.8 Å². The summed E-state index contributed by atoms with van der Waals surface area (Å²) in [6, 6.07) is 18.8. The van der Waals surface area contributed by atoms with E-state index in [9.17, 15) is 9.59 Å². The number of aryl methyl sites for hydroxylation is 2. The number of ether oxygens (including phenoxy) is 3. The molecule has 0 bridgehead atoms. The van der Waals surface area contributed by atoms with Gasteiger partial charge in [-0.15, -0.1) is 0 Å². The van der Waals surface area contributed by atoms with Gasteiger partial charge in [0, 0.05) is 24.2 Å². The molecule has 0 N–H and O–H groups in total. The van der Waals surface area contributed by atoms with E-state index in [4.69, 9.17) is 19.2 Å². The number of amides is 1. The summed E-state index contributed by atoms with van der Waals surface area (Å²) in [5, 5.41) is 4.52. The monoisotopic (exact) mass is 636 g/mol. The zero-order valence-corrected chi connectivity index (χ0v) is 27.8. The highest BCUT2D eigenvalue weighted by Gasteiger charge is 2.30. The summed E-state index contributed by atoms with van der Waals surface area (Å²) in [5.74, 6) is 1.57. The van der Waals surface area contributed by atoms with Crippen LogP contribution in [0, 0.1) is 0 Å². The van der Waals surface area contributed by atoms with Gasteiger partial charge in [0.2, 0.25) is 0 Å². The molecule has 1 aliphatic heterocycles. The summed E-state index contributed by atoms with van der Waals surface area (Å²) in [5.41, 5.74) is 8.22. The number of hydrogen-bond donors (Lipinski definition) is 0. The van der Waals surface area contributed by atoms with Crippen LogP contribution in [-0.2, 0) is 28.7 Å². The van der Waals surface area contributed by atoms with Crippen LogP contribution < -0.4 is 4.74 Å². The fourth-order valence-electron chi connectivity index (χ4n) is 7.08. The predicted octanol–water partition coefficient (Wildman–Crippen LogP) is 7.64. The molecule has 2 aromatic carbocycles. The third kappa shape index (κ3) is 6.62. The highest BCUT2D eigenvalue weighted by molar-refractivity contribution is 5.90. The molecule has 9 heteroatoms. The van der Waals surface area contributed by atoms with Gasteiger partial charge in [-0.3, -0.25) is 0 Å². The van der Waals surface area contributed by atoms with Crippen LogP contribution in [0.5, 0.6) is 5.75 Å². The second-order valence-electron chi connectivity index (χ2n) is 12.1. The number of rotatable bonds is 10. The molecular weight excluding hydrogens is 592 g/mol. The van der Waals surface area contributed by atoms with Crippen LogP contribution >= 0.6 is 0 Å². The normalized spacial score (nSPS) is 16.2. The second kappa shape index (κ2) is 14.4. The van der Waals surface area contributed by atoms with Crippen molar-refractivity contribution in [1.29, 1.82) is 0 Å². The van der Waals surface area contributed by atoms with Gasteiger partial charge in [0.1, 0.15) is 17.4 Å². The van der Waals surface area contributed by atoms with Gasteiger partial charge in [-0.25, -0.2) is 19.3 Å². The first-order valence-corrected chi connectivity index (χ1v) is 17.0. The Morgan fingerprint density at radius 3 is 2.43 bits per heavy atom. The Morgan fingerprint density at radius 2 is 1.68 bits per heavy atom. The van der Waals surface area contributed by atoms with Crippen molar-refractivity contribution in [3.63, 3.8) is 0 Å². The number of hydrogen-bond acceptors (Lipinski definition) is 7. The van der Waals surface area contributed by atoms with Crippen molar-refractivity contribution in [2.24, 2.45) is 0 Å². The minimum atomic E-state index is -0.369. The number of piperidine rings is 1. The van der Waals surface area contributed by atoms with Crippen molar-refractivity contribution >= 4 is 12.1 Å². The van der Waals surface area contributed by atoms with E-state index in [1.807, 2.05) is 36.9 Å². The Bertz CT molecular complexity index is 1740. The molecule has 4 aromatic rings. The molecule has 1 aliphatic carbocycles. The lowest BCUT2D eigenvalue weighted by atomic mass is 9.86. The molecule has 1 amide bonds. The zero-order chi connectivity index (χ0) is 32.9. The van der Waals surface area contributed by atoms with Crippen molar-refractivity contribution in [2.45, 2.75) is 78.2 Å². The highest BCUT2D eigenvalue weighted by Crippen LogP contribution is 2.42. The van der Waals surface area contributed by atoms with E-state index < -0.39 is 0 Å². The molecule has 0 radical (unpaired) electrons. The first-order chi connectivity index (χ1) is 22.9. The first kappa shape index (κ1) is 32.3. The third-order valence-electron chi connectivity index (χ3n) is 9.36. The fourth-order valence-corrected chi connectivity index (χ4v) is 7.08. The molecule has 2 aromatic heterocycles. The van der Waals surface area contributed by atoms with E-state index >= 15 is 0 Å². The lowest BCUT2D eigenvalue weighted by Gasteiger charge is -2.32. The molecule has 3 heterocycles. The van der Waals surface area contributed by atoms with Gasteiger partial charge in [-0.05, 0) is 99.2 Å². The fraction of sp³-hybridized carbons (Fsp3) is 0.421. The van der Waals surface area contributed by atoms with Gasteiger partial charge < -0.3 is 19.1 Å². The van der Waals surface area contributed by atoms with Crippen LogP contribution in [0.15, 0.2) is 60.8 Å². The van der Waals surface area contributed by atoms with Crippen LogP contribution in [0.1, 0.15) is 97.3 Å². The lowest BCUT2D eigenvalue weighted by molar-refractivity contribution is 0.0525. The Kier molecular flexibility index (Phi) is 9.90. The number of esters is 1. The van der Waals surface area contributed by atoms with Gasteiger partial charge >= 0.3 is 12.1 Å². The predicted molar refractivity (Wildman–Crippen MR) is 180 cm³/mol. The topological polar surface area (TPSA) is 95.8 Å². The number of pyridine rings is 1. The van der Waals surface area contributed by atoms with E-state index in [1.165, 1.54) is 22.3 Å². The van der Waals surface area contributed by atoms with Crippen molar-refractivity contribution in [1.82, 2.24) is 19.7 Å². The minimum absolute atomic E-state index is 0.0960. The molecule has 1 fully saturated rings. The Balaban J connectivity index is 1.23. The molecule has 0 spiro atoms. The summed E-state index contributed by atoms with van der Waals surface area (Å²) in [6.45, 7) is 9.98. The average molecular weight is 637 g/mol. The van der Waals surface area contributed by atoms with Crippen molar-refractivity contribution in [2.75, 3.05) is 26.3 Å². The van der Waals surface area contributed by atoms with Gasteiger partial charge in [0.15, 0.2) is 5.82 Å². The summed E-state index contributed by atoms with van der Waals surface area (Å²) in [6.07, 6.45) is 6.48. The minimum Gasteiger partial charge on any atom is -0.486 e. The second-order valence-corrected chi connectivity index (χ2v) is 12.1. The summed E-state index contributed by atoms with van der Waals surface area (Å²) >= 11 is 0. The number of carbonyl (C=O) groups excluding carboxylic acids is 2. The molecule has 246 valence electrons. The summed E-state index contributed by atoms with van der Waals surface area (Å²) < 4.78 is 19.0. The SMILES string of the molecule is CCOC(=O)c1cnn(-c2cccc(-c3cccc4c3[C@@H](Oc3ccc(C5CCN(C(=O)OCC)CC5)c(CC)c3)CC4)n2)c1CC. The van der Waals surface area contributed by atoms with Crippen LogP contribution in [0.25, 0.3) is 17.1 Å². The maximum Gasteiger partial charge on any atom is 0.409 e. The van der Waals surface area contributed by atoms with Gasteiger partial charge in [0.05, 0.1) is 30.8 Å². The number of fused-ring (bicyclic) bond motifs is 1. The Morgan fingerprint density at radius 1 is 0.894 bits per heavy atom. The summed E-state index contributed by atoms with van der Waals surface area (Å²) in [7, 11) is 0. The standard InChI is InChI=1S/C38H44N4O5/c1-5-25-23-28(16-17-29(25)26-19-21-41(22-20-26)38(44)46-8-4)47-34-18-15-27-11-9-12-30(36(27)34)32-13-10-14-35(40-32)42-33(6-2)31(24-39-42)37(43)45-7-3/h9-14,16-17,23-24,26,34H,5-8,15,18-22H2,1-4H3/t34-/m0/s1. The molecule has 9 nitrogen and oxygen atoms in total. The van der Waals surface area contributed by atoms with Crippen molar-refractivity contribution in [3.05, 3.63) is 94.3 Å². The Hall–Kier alpha value is -4.66. The van der Waals surface area contributed by atoms with Crippen LogP contribution in [0.4, 0.5) is 4.79 Å². The highest BCUT2D eigenvalue weighted by atomic mass is 16.6. The van der Waals surface area contributed by atoms with Crippen LogP contribution in [0.2, 0.25) is 0 Å². The lowest BCUT2D eigenvalue weighted by Crippen LogP contribution is -2.38. The third-order valence-corrected chi connectivity index (χ3v) is 9.36. The number of aromatic nitrogens is 3. The van der Waals surface area contributed by atoms with Gasteiger partial charge in [0.25, 0.3) is 0 Å². The van der Waals surface area contributed by atoms with E-state index in [1.54, 1.807) is 17.8 Å². The van der Waals surface area contributed by atoms with Crippen molar-refractivity contribution in [3.8, 4) is 22.8 Å². The first-order valence-electron chi connectivity index (χ1n) is 17.0. The molecule has 1 atom stereocenters. The molecule has 0 unspecified atom stereocenters. The van der Waals surface area contributed by atoms with Gasteiger partial charge in [-0.1, -0.05) is 44.2 Å². The number of carbonyl (C=O) groups is 2. The van der Waals surface area contributed by atoms with Crippen LogP contribution in [0.3, 0.4) is 0 Å². The number of benzene rings is 2. The molecule has 0 saturated carbocycles. The molecule has 6 rings (SSSR count).